The van der Waals surface area contributed by atoms with Gasteiger partial charge in [-0.2, -0.15) is 0 Å². The van der Waals surface area contributed by atoms with Crippen LogP contribution in [0.1, 0.15) is 49.5 Å². The quantitative estimate of drug-likeness (QED) is 0.566. The maximum atomic E-state index is 12.9. The molecule has 2 aromatic carbocycles. The highest BCUT2D eigenvalue weighted by Crippen LogP contribution is 2.31. The highest BCUT2D eigenvalue weighted by atomic mass is 16.5. The number of carbonyl (C=O) groups excluding carboxylic acids is 4. The van der Waals surface area contributed by atoms with Crippen LogP contribution in [0.4, 0.5) is 5.69 Å². The Hall–Kier alpha value is -3.52. The van der Waals surface area contributed by atoms with E-state index in [2.05, 4.69) is 5.32 Å². The Morgan fingerprint density at radius 3 is 2.65 bits per heavy atom. The molecule has 2 aliphatic rings. The summed E-state index contributed by atoms with van der Waals surface area (Å²) in [6.07, 6.45) is 1.86. The number of para-hydroxylation sites is 1. The Morgan fingerprint density at radius 2 is 1.90 bits per heavy atom. The van der Waals surface area contributed by atoms with Crippen molar-refractivity contribution >= 4 is 29.4 Å². The Bertz CT molecular complexity index is 1060. The smallest absolute Gasteiger partial charge is 0.338 e. The predicted molar refractivity (Wildman–Crippen MR) is 111 cm³/mol. The number of esters is 1. The fourth-order valence-electron chi connectivity index (χ4n) is 3.70. The normalized spacial score (nSPS) is 17.6. The summed E-state index contributed by atoms with van der Waals surface area (Å²) in [6.45, 7) is 2.44. The fraction of sp³-hybridized carbons (Fsp3) is 0.304. The summed E-state index contributed by atoms with van der Waals surface area (Å²) >= 11 is 0. The third kappa shape index (κ3) is 4.20. The Labute approximate surface area is 179 Å². The van der Waals surface area contributed by atoms with Crippen LogP contribution < -0.4 is 10.2 Å². The molecule has 31 heavy (non-hydrogen) atoms. The predicted octanol–water partition coefficient (Wildman–Crippen LogP) is 2.25. The summed E-state index contributed by atoms with van der Waals surface area (Å²) < 4.78 is 10.5. The molecule has 2 heterocycles. The van der Waals surface area contributed by atoms with Gasteiger partial charge >= 0.3 is 5.97 Å². The number of nitrogens with zero attached hydrogens (tertiary/aromatic N) is 1. The van der Waals surface area contributed by atoms with Crippen molar-refractivity contribution in [1.29, 1.82) is 0 Å². The molecular formula is C23H22N2O6. The number of anilines is 1. The number of amides is 3. The van der Waals surface area contributed by atoms with E-state index in [4.69, 9.17) is 9.47 Å². The number of aryl methyl sites for hydroxylation is 1. The van der Waals surface area contributed by atoms with E-state index in [9.17, 15) is 19.2 Å². The zero-order chi connectivity index (χ0) is 22.0. The zero-order valence-electron chi connectivity index (χ0n) is 17.1. The summed E-state index contributed by atoms with van der Waals surface area (Å²) in [4.78, 5) is 51.0. The first-order valence-corrected chi connectivity index (χ1v) is 10.1. The van der Waals surface area contributed by atoms with Crippen LogP contribution in [-0.4, -0.2) is 49.6 Å². The van der Waals surface area contributed by atoms with Gasteiger partial charge in [-0.15, -0.1) is 0 Å². The van der Waals surface area contributed by atoms with Crippen LogP contribution in [0.3, 0.4) is 0 Å². The lowest BCUT2D eigenvalue weighted by Crippen LogP contribution is -2.34. The third-order valence-electron chi connectivity index (χ3n) is 5.36. The number of benzene rings is 2. The van der Waals surface area contributed by atoms with Crippen molar-refractivity contribution in [3.63, 3.8) is 0 Å². The maximum absolute atomic E-state index is 12.9. The third-order valence-corrected chi connectivity index (χ3v) is 5.36. The van der Waals surface area contributed by atoms with Crippen LogP contribution in [0.25, 0.3) is 0 Å². The Balaban J connectivity index is 1.41. The lowest BCUT2D eigenvalue weighted by atomic mass is 10.1. The molecule has 0 unspecified atom stereocenters. The van der Waals surface area contributed by atoms with E-state index in [0.29, 0.717) is 18.8 Å². The summed E-state index contributed by atoms with van der Waals surface area (Å²) in [6, 6.07) is 11.3. The molecule has 1 fully saturated rings. The average molecular weight is 422 g/mol. The van der Waals surface area contributed by atoms with Crippen LogP contribution >= 0.6 is 0 Å². The van der Waals surface area contributed by atoms with Gasteiger partial charge in [0.05, 0.1) is 28.5 Å². The van der Waals surface area contributed by atoms with Crippen molar-refractivity contribution in [2.75, 3.05) is 24.7 Å². The molecule has 0 bridgehead atoms. The fourth-order valence-corrected chi connectivity index (χ4v) is 3.70. The van der Waals surface area contributed by atoms with E-state index in [-0.39, 0.29) is 22.8 Å². The van der Waals surface area contributed by atoms with Gasteiger partial charge in [0.1, 0.15) is 0 Å². The van der Waals surface area contributed by atoms with E-state index in [1.54, 1.807) is 12.1 Å². The molecule has 4 rings (SSSR count). The minimum Gasteiger partial charge on any atom is -0.452 e. The highest BCUT2D eigenvalue weighted by molar-refractivity contribution is 6.34. The number of fused-ring (bicyclic) bond motifs is 1. The molecule has 1 saturated heterocycles. The minimum atomic E-state index is -0.746. The van der Waals surface area contributed by atoms with Gasteiger partial charge in [-0.1, -0.05) is 18.2 Å². The molecule has 0 aromatic heterocycles. The molecule has 3 amide bonds. The zero-order valence-corrected chi connectivity index (χ0v) is 17.1. The number of ether oxygens (including phenoxy) is 2. The molecule has 8 heteroatoms. The van der Waals surface area contributed by atoms with Crippen molar-refractivity contribution in [3.05, 3.63) is 64.7 Å². The monoisotopic (exact) mass is 422 g/mol. The lowest BCUT2D eigenvalue weighted by Gasteiger charge is -2.16. The van der Waals surface area contributed by atoms with Gasteiger partial charge in [-0.25, -0.2) is 9.69 Å². The van der Waals surface area contributed by atoms with Crippen molar-refractivity contribution in [2.45, 2.75) is 25.9 Å². The first-order valence-electron chi connectivity index (χ1n) is 10.1. The number of hydrogen-bond acceptors (Lipinski definition) is 6. The molecule has 1 atom stereocenters. The second-order valence-corrected chi connectivity index (χ2v) is 7.51. The first kappa shape index (κ1) is 20.7. The maximum Gasteiger partial charge on any atom is 0.338 e. The van der Waals surface area contributed by atoms with E-state index in [0.717, 1.165) is 23.3 Å². The summed E-state index contributed by atoms with van der Waals surface area (Å²) in [5.74, 6) is -2.12. The molecule has 2 aromatic rings. The highest BCUT2D eigenvalue weighted by Gasteiger charge is 2.37. The van der Waals surface area contributed by atoms with E-state index < -0.39 is 30.3 Å². The minimum absolute atomic E-state index is 0.00360. The second kappa shape index (κ2) is 8.69. The molecule has 0 saturated carbocycles. The van der Waals surface area contributed by atoms with Crippen LogP contribution in [-0.2, 0) is 14.3 Å². The Morgan fingerprint density at radius 1 is 1.13 bits per heavy atom. The topological polar surface area (TPSA) is 102 Å². The second-order valence-electron chi connectivity index (χ2n) is 7.51. The number of nitrogens with one attached hydrogen (secondary N) is 1. The molecule has 0 radical (unpaired) electrons. The summed E-state index contributed by atoms with van der Waals surface area (Å²) in [7, 11) is 0. The number of rotatable bonds is 6. The van der Waals surface area contributed by atoms with Gasteiger partial charge in [0.25, 0.3) is 17.7 Å². The number of imide groups is 1. The van der Waals surface area contributed by atoms with Gasteiger partial charge in [0, 0.05) is 13.2 Å². The standard InChI is InChI=1S/C23H22N2O6/c1-14-5-2-3-7-19(14)25-21(27)17-9-8-15(11-18(17)22(25)28)23(29)31-13-20(26)24-12-16-6-4-10-30-16/h2-3,5,7-9,11,16H,4,6,10,12-13H2,1H3,(H,24,26)/t16-/m0/s1. The Kier molecular flexibility index (Phi) is 5.81. The van der Waals surface area contributed by atoms with Gasteiger partial charge in [-0.3, -0.25) is 14.4 Å². The van der Waals surface area contributed by atoms with Gasteiger partial charge in [0.2, 0.25) is 0 Å². The molecule has 0 aliphatic carbocycles. The van der Waals surface area contributed by atoms with Crippen LogP contribution in [0.15, 0.2) is 42.5 Å². The van der Waals surface area contributed by atoms with Crippen molar-refractivity contribution < 1.29 is 28.7 Å². The van der Waals surface area contributed by atoms with Crippen molar-refractivity contribution in [2.24, 2.45) is 0 Å². The van der Waals surface area contributed by atoms with Crippen molar-refractivity contribution in [1.82, 2.24) is 5.32 Å². The SMILES string of the molecule is Cc1ccccc1N1C(=O)c2ccc(C(=O)OCC(=O)NC[C@@H]3CCCO3)cc2C1=O. The number of carbonyl (C=O) groups is 4. The summed E-state index contributed by atoms with van der Waals surface area (Å²) in [5.41, 5.74) is 1.73. The van der Waals surface area contributed by atoms with Crippen LogP contribution in [0.2, 0.25) is 0 Å². The summed E-state index contributed by atoms with van der Waals surface area (Å²) in [5, 5.41) is 2.67. The largest absolute Gasteiger partial charge is 0.452 e. The molecular weight excluding hydrogens is 400 g/mol. The van der Waals surface area contributed by atoms with Gasteiger partial charge < -0.3 is 14.8 Å². The molecule has 160 valence electrons. The molecule has 1 N–H and O–H groups in total. The van der Waals surface area contributed by atoms with E-state index >= 15 is 0 Å². The first-order chi connectivity index (χ1) is 15.0. The lowest BCUT2D eigenvalue weighted by molar-refractivity contribution is -0.124. The molecule has 2 aliphatic heterocycles. The van der Waals surface area contributed by atoms with Gasteiger partial charge in [0.15, 0.2) is 6.61 Å². The van der Waals surface area contributed by atoms with Crippen molar-refractivity contribution in [3.8, 4) is 0 Å². The number of hydrogen-bond donors (Lipinski definition) is 1. The molecule has 0 spiro atoms. The molecule has 8 nitrogen and oxygen atoms in total. The van der Waals surface area contributed by atoms with E-state index in [1.165, 1.54) is 18.2 Å². The average Bonchev–Trinajstić information content (AvgIpc) is 3.38. The van der Waals surface area contributed by atoms with Gasteiger partial charge in [-0.05, 0) is 49.6 Å². The van der Waals surface area contributed by atoms with Crippen LogP contribution in [0.5, 0.6) is 0 Å². The van der Waals surface area contributed by atoms with E-state index in [1.807, 2.05) is 19.1 Å². The van der Waals surface area contributed by atoms with Crippen LogP contribution in [0, 0.1) is 6.92 Å².